The highest BCUT2D eigenvalue weighted by Gasteiger charge is 2.18. The molecule has 22 heavy (non-hydrogen) atoms. The zero-order chi connectivity index (χ0) is 16.2. The third-order valence-electron chi connectivity index (χ3n) is 2.65. The minimum absolute atomic E-state index is 0.165. The first-order valence-corrected chi connectivity index (χ1v) is 8.42. The molecular weight excluding hydrogens is 305 g/mol. The average Bonchev–Trinajstić information content (AvgIpc) is 2.51. The Hall–Kier alpha value is -1.49. The molecule has 0 aliphatic carbocycles. The SMILES string of the molecule is CCCCOCCOC(=O)[C@H](C)N=[P+]([O-])Oc1ccccc1. The van der Waals surface area contributed by atoms with Gasteiger partial charge in [0.05, 0.1) is 6.61 Å². The molecule has 0 saturated carbocycles. The van der Waals surface area contributed by atoms with Crippen LogP contribution in [0.15, 0.2) is 35.1 Å². The van der Waals surface area contributed by atoms with Gasteiger partial charge in [-0.15, -0.1) is 0 Å². The molecule has 122 valence electrons. The lowest BCUT2D eigenvalue weighted by Gasteiger charge is -2.07. The van der Waals surface area contributed by atoms with E-state index in [0.29, 0.717) is 19.0 Å². The van der Waals surface area contributed by atoms with Gasteiger partial charge in [-0.05, 0) is 25.5 Å². The van der Waals surface area contributed by atoms with E-state index in [2.05, 4.69) is 11.7 Å². The molecule has 1 aromatic rings. The van der Waals surface area contributed by atoms with E-state index < -0.39 is 20.2 Å². The Morgan fingerprint density at radius 3 is 2.68 bits per heavy atom. The van der Waals surface area contributed by atoms with Gasteiger partial charge < -0.3 is 14.4 Å². The summed E-state index contributed by atoms with van der Waals surface area (Å²) in [6.45, 7) is 4.77. The van der Waals surface area contributed by atoms with E-state index in [1.54, 1.807) is 24.3 Å². The first-order chi connectivity index (χ1) is 10.6. The third-order valence-corrected chi connectivity index (χ3v) is 3.55. The first-order valence-electron chi connectivity index (χ1n) is 7.29. The van der Waals surface area contributed by atoms with Crippen LogP contribution >= 0.6 is 8.17 Å². The molecule has 0 aliphatic heterocycles. The summed E-state index contributed by atoms with van der Waals surface area (Å²) in [6, 6.07) is 7.82. The highest BCUT2D eigenvalue weighted by Crippen LogP contribution is 2.23. The fourth-order valence-corrected chi connectivity index (χ4v) is 2.18. The van der Waals surface area contributed by atoms with Gasteiger partial charge in [0, 0.05) is 6.61 Å². The van der Waals surface area contributed by atoms with Crippen molar-refractivity contribution in [2.24, 2.45) is 4.74 Å². The van der Waals surface area contributed by atoms with Gasteiger partial charge in [0.15, 0.2) is 11.8 Å². The number of unbranched alkanes of at least 4 members (excludes halogenated alkanes) is 1. The Bertz CT molecular complexity index is 466. The van der Waals surface area contributed by atoms with E-state index in [9.17, 15) is 9.69 Å². The maximum atomic E-state index is 11.7. The van der Waals surface area contributed by atoms with Crippen molar-refractivity contribution < 1.29 is 23.7 Å². The van der Waals surface area contributed by atoms with Crippen molar-refractivity contribution in [2.75, 3.05) is 19.8 Å². The van der Waals surface area contributed by atoms with Crippen molar-refractivity contribution in [3.8, 4) is 5.75 Å². The Morgan fingerprint density at radius 2 is 2.00 bits per heavy atom. The molecular formula is C15H22NO5P. The summed E-state index contributed by atoms with van der Waals surface area (Å²) in [5.74, 6) is -0.101. The Labute approximate surface area is 132 Å². The molecule has 0 radical (unpaired) electrons. The minimum Gasteiger partial charge on any atom is -0.575 e. The molecule has 0 aromatic heterocycles. The van der Waals surface area contributed by atoms with Gasteiger partial charge >= 0.3 is 14.1 Å². The van der Waals surface area contributed by atoms with Crippen LogP contribution in [-0.4, -0.2) is 31.8 Å². The highest BCUT2D eigenvalue weighted by atomic mass is 31.1. The molecule has 0 fully saturated rings. The van der Waals surface area contributed by atoms with E-state index in [1.807, 2.05) is 6.07 Å². The lowest BCUT2D eigenvalue weighted by Crippen LogP contribution is -2.20. The molecule has 6 nitrogen and oxygen atoms in total. The minimum atomic E-state index is -2.31. The van der Waals surface area contributed by atoms with Crippen molar-refractivity contribution in [1.29, 1.82) is 0 Å². The lowest BCUT2D eigenvalue weighted by atomic mass is 10.3. The van der Waals surface area contributed by atoms with Gasteiger partial charge in [-0.1, -0.05) is 36.3 Å². The molecule has 1 rings (SSSR count). The number of hydrogen-bond acceptors (Lipinski definition) is 6. The zero-order valence-electron chi connectivity index (χ0n) is 12.9. The molecule has 7 heteroatoms. The average molecular weight is 327 g/mol. The standard InChI is InChI=1S/C15H22NO5P/c1-3-4-10-19-11-12-20-15(17)13(2)16-22(18)21-14-8-6-5-7-9-14/h5-9,13H,3-4,10-12H2,1-2H3/t13-/m0/s1. The van der Waals surface area contributed by atoms with E-state index in [0.717, 1.165) is 12.8 Å². The molecule has 0 saturated heterocycles. The van der Waals surface area contributed by atoms with Gasteiger partial charge in [-0.25, -0.2) is 4.79 Å². The Kier molecular flexibility index (Phi) is 9.39. The van der Waals surface area contributed by atoms with Gasteiger partial charge in [-0.2, -0.15) is 0 Å². The van der Waals surface area contributed by atoms with E-state index >= 15 is 0 Å². The summed E-state index contributed by atoms with van der Waals surface area (Å²) in [5.41, 5.74) is 0. The number of benzene rings is 1. The second-order valence-electron chi connectivity index (χ2n) is 4.57. The highest BCUT2D eigenvalue weighted by molar-refractivity contribution is 7.34. The predicted octanol–water partition coefficient (Wildman–Crippen LogP) is 2.67. The molecule has 0 amide bonds. The summed E-state index contributed by atoms with van der Waals surface area (Å²) in [4.78, 5) is 23.4. The van der Waals surface area contributed by atoms with Crippen LogP contribution in [-0.2, 0) is 14.3 Å². The third kappa shape index (κ3) is 8.08. The van der Waals surface area contributed by atoms with Gasteiger partial charge in [-0.3, -0.25) is 4.52 Å². The smallest absolute Gasteiger partial charge is 0.395 e. The Balaban J connectivity index is 2.28. The lowest BCUT2D eigenvalue weighted by molar-refractivity contribution is -0.169. The fourth-order valence-electron chi connectivity index (χ4n) is 1.45. The van der Waals surface area contributed by atoms with E-state index in [1.165, 1.54) is 6.92 Å². The van der Waals surface area contributed by atoms with Crippen molar-refractivity contribution >= 4 is 14.1 Å². The summed E-state index contributed by atoms with van der Waals surface area (Å²) < 4.78 is 19.2. The van der Waals surface area contributed by atoms with Crippen molar-refractivity contribution in [3.05, 3.63) is 30.3 Å². The largest absolute Gasteiger partial charge is 0.575 e. The number of esters is 1. The van der Waals surface area contributed by atoms with E-state index in [-0.39, 0.29) is 6.61 Å². The number of carbonyl (C=O) groups is 1. The van der Waals surface area contributed by atoms with Crippen molar-refractivity contribution in [3.63, 3.8) is 0 Å². The number of ether oxygens (including phenoxy) is 2. The number of para-hydroxylation sites is 1. The molecule has 0 bridgehead atoms. The normalized spacial score (nSPS) is 12.8. The molecule has 0 N–H and O–H groups in total. The predicted molar refractivity (Wildman–Crippen MR) is 82.6 cm³/mol. The van der Waals surface area contributed by atoms with Crippen LogP contribution in [0.4, 0.5) is 0 Å². The summed E-state index contributed by atoms with van der Waals surface area (Å²) >= 11 is 0. The number of rotatable bonds is 10. The number of hydrogen-bond donors (Lipinski definition) is 0. The molecule has 2 atom stereocenters. The molecule has 0 aliphatic rings. The maximum absolute atomic E-state index is 11.7. The molecule has 1 unspecified atom stereocenters. The van der Waals surface area contributed by atoms with Crippen LogP contribution in [0.25, 0.3) is 0 Å². The monoisotopic (exact) mass is 327 g/mol. The van der Waals surface area contributed by atoms with Crippen LogP contribution < -0.4 is 9.42 Å². The van der Waals surface area contributed by atoms with Gasteiger partial charge in [0.2, 0.25) is 0 Å². The maximum Gasteiger partial charge on any atom is 0.395 e. The van der Waals surface area contributed by atoms with Crippen molar-refractivity contribution in [2.45, 2.75) is 32.7 Å². The van der Waals surface area contributed by atoms with Crippen LogP contribution in [0.1, 0.15) is 26.7 Å². The van der Waals surface area contributed by atoms with Gasteiger partial charge in [0.25, 0.3) is 0 Å². The molecule has 1 aromatic carbocycles. The fraction of sp³-hybridized carbons (Fsp3) is 0.533. The Morgan fingerprint density at radius 1 is 1.27 bits per heavy atom. The summed E-state index contributed by atoms with van der Waals surface area (Å²) in [5, 5.41) is 0. The molecule has 0 heterocycles. The second-order valence-corrected chi connectivity index (χ2v) is 5.46. The summed E-state index contributed by atoms with van der Waals surface area (Å²) in [6.07, 6.45) is 2.04. The molecule has 0 spiro atoms. The second kappa shape index (κ2) is 11.1. The zero-order valence-corrected chi connectivity index (χ0v) is 13.8. The number of carbonyl (C=O) groups excluding carboxylic acids is 1. The first kappa shape index (κ1) is 18.6. The van der Waals surface area contributed by atoms with E-state index in [4.69, 9.17) is 14.0 Å². The quantitative estimate of drug-likeness (QED) is 0.375. The van der Waals surface area contributed by atoms with Crippen LogP contribution in [0, 0.1) is 0 Å². The van der Waals surface area contributed by atoms with Crippen molar-refractivity contribution in [1.82, 2.24) is 0 Å². The van der Waals surface area contributed by atoms with Crippen LogP contribution in [0.3, 0.4) is 0 Å². The van der Waals surface area contributed by atoms with Crippen LogP contribution in [0.2, 0.25) is 0 Å². The topological polar surface area (TPSA) is 80.2 Å². The van der Waals surface area contributed by atoms with Crippen LogP contribution in [0.5, 0.6) is 5.75 Å². The van der Waals surface area contributed by atoms with Gasteiger partial charge in [0.1, 0.15) is 6.61 Å². The summed E-state index contributed by atoms with van der Waals surface area (Å²) in [7, 11) is -2.31. The number of nitrogens with zero attached hydrogens (tertiary/aromatic N) is 1.